The number of rotatable bonds is 3. The molecule has 1 amide bonds. The second kappa shape index (κ2) is 4.40. The summed E-state index contributed by atoms with van der Waals surface area (Å²) in [6.45, 7) is 4.22. The van der Waals surface area contributed by atoms with E-state index in [0.29, 0.717) is 5.92 Å². The molecule has 0 bridgehead atoms. The molecule has 1 aliphatic carbocycles. The maximum atomic E-state index is 11.7. The van der Waals surface area contributed by atoms with Crippen LogP contribution in [0.5, 0.6) is 0 Å². The Labute approximate surface area is 102 Å². The topological polar surface area (TPSA) is 55.1 Å². The SMILES string of the molecule is Cc1ccc(NC2(C(N)=O)CCC(C)C2)cc1. The van der Waals surface area contributed by atoms with Gasteiger partial charge in [-0.2, -0.15) is 0 Å². The molecule has 2 rings (SSSR count). The van der Waals surface area contributed by atoms with Crippen LogP contribution in [0.1, 0.15) is 31.7 Å². The van der Waals surface area contributed by atoms with Crippen LogP contribution in [0.15, 0.2) is 24.3 Å². The molecule has 17 heavy (non-hydrogen) atoms. The van der Waals surface area contributed by atoms with Gasteiger partial charge in [0.05, 0.1) is 0 Å². The standard InChI is InChI=1S/C14H20N2O/c1-10-3-5-12(6-4-10)16-14(13(15)17)8-7-11(2)9-14/h3-6,11,16H,7-9H2,1-2H3,(H2,15,17). The fourth-order valence-electron chi connectivity index (χ4n) is 2.60. The molecule has 1 fully saturated rings. The third-order valence-electron chi connectivity index (χ3n) is 3.67. The molecule has 0 radical (unpaired) electrons. The van der Waals surface area contributed by atoms with E-state index in [-0.39, 0.29) is 5.91 Å². The third-order valence-corrected chi connectivity index (χ3v) is 3.67. The predicted octanol–water partition coefficient (Wildman–Crippen LogP) is 2.45. The molecule has 0 spiro atoms. The van der Waals surface area contributed by atoms with Gasteiger partial charge in [-0.1, -0.05) is 24.6 Å². The van der Waals surface area contributed by atoms with Crippen molar-refractivity contribution in [2.75, 3.05) is 5.32 Å². The van der Waals surface area contributed by atoms with E-state index in [0.717, 1.165) is 24.9 Å². The van der Waals surface area contributed by atoms with Crippen LogP contribution in [0.4, 0.5) is 5.69 Å². The molecule has 3 nitrogen and oxygen atoms in total. The van der Waals surface area contributed by atoms with Crippen LogP contribution in [0.2, 0.25) is 0 Å². The molecule has 0 heterocycles. The molecule has 1 aromatic carbocycles. The minimum atomic E-state index is -0.547. The first kappa shape index (κ1) is 12.0. The highest BCUT2D eigenvalue weighted by Gasteiger charge is 2.42. The number of nitrogens with two attached hydrogens (primary N) is 1. The molecular formula is C14H20N2O. The van der Waals surface area contributed by atoms with Crippen molar-refractivity contribution in [1.82, 2.24) is 0 Å². The first-order valence-electron chi connectivity index (χ1n) is 6.17. The zero-order chi connectivity index (χ0) is 12.5. The van der Waals surface area contributed by atoms with E-state index in [4.69, 9.17) is 5.73 Å². The molecule has 92 valence electrons. The van der Waals surface area contributed by atoms with E-state index >= 15 is 0 Å². The quantitative estimate of drug-likeness (QED) is 0.841. The van der Waals surface area contributed by atoms with Crippen molar-refractivity contribution < 1.29 is 4.79 Å². The minimum Gasteiger partial charge on any atom is -0.371 e. The second-order valence-corrected chi connectivity index (χ2v) is 5.29. The molecule has 1 saturated carbocycles. The molecule has 3 heteroatoms. The Hall–Kier alpha value is -1.51. The average Bonchev–Trinajstić information content (AvgIpc) is 2.65. The van der Waals surface area contributed by atoms with Gasteiger partial charge in [0, 0.05) is 5.69 Å². The van der Waals surface area contributed by atoms with Gasteiger partial charge in [0.2, 0.25) is 5.91 Å². The number of carbonyl (C=O) groups excluding carboxylic acids is 1. The van der Waals surface area contributed by atoms with Crippen molar-refractivity contribution >= 4 is 11.6 Å². The Bertz CT molecular complexity index is 413. The van der Waals surface area contributed by atoms with E-state index in [1.165, 1.54) is 5.56 Å². The van der Waals surface area contributed by atoms with Gasteiger partial charge in [-0.15, -0.1) is 0 Å². The van der Waals surface area contributed by atoms with Crippen LogP contribution in [0.3, 0.4) is 0 Å². The number of aryl methyl sites for hydroxylation is 1. The first-order valence-corrected chi connectivity index (χ1v) is 6.17. The van der Waals surface area contributed by atoms with E-state index in [9.17, 15) is 4.79 Å². The van der Waals surface area contributed by atoms with Gasteiger partial charge in [-0.25, -0.2) is 0 Å². The lowest BCUT2D eigenvalue weighted by Gasteiger charge is -2.28. The fraction of sp³-hybridized carbons (Fsp3) is 0.500. The number of benzene rings is 1. The van der Waals surface area contributed by atoms with Crippen LogP contribution >= 0.6 is 0 Å². The summed E-state index contributed by atoms with van der Waals surface area (Å²) in [6.07, 6.45) is 2.72. The maximum Gasteiger partial charge on any atom is 0.243 e. The number of nitrogens with one attached hydrogen (secondary N) is 1. The van der Waals surface area contributed by atoms with Gasteiger partial charge in [0.15, 0.2) is 0 Å². The highest BCUT2D eigenvalue weighted by molar-refractivity contribution is 5.88. The Kier molecular flexibility index (Phi) is 3.09. The molecule has 0 saturated heterocycles. The van der Waals surface area contributed by atoms with Crippen LogP contribution in [-0.4, -0.2) is 11.4 Å². The number of amides is 1. The molecule has 0 aromatic heterocycles. The summed E-state index contributed by atoms with van der Waals surface area (Å²) >= 11 is 0. The predicted molar refractivity (Wildman–Crippen MR) is 69.7 cm³/mol. The number of hydrogen-bond acceptors (Lipinski definition) is 2. The highest BCUT2D eigenvalue weighted by Crippen LogP contribution is 2.36. The lowest BCUT2D eigenvalue weighted by atomic mass is 9.94. The van der Waals surface area contributed by atoms with Crippen LogP contribution in [0, 0.1) is 12.8 Å². The molecular weight excluding hydrogens is 212 g/mol. The summed E-state index contributed by atoms with van der Waals surface area (Å²) in [5.74, 6) is 0.322. The summed E-state index contributed by atoms with van der Waals surface area (Å²) in [7, 11) is 0. The van der Waals surface area contributed by atoms with Crippen LogP contribution in [-0.2, 0) is 4.79 Å². The Morgan fingerprint density at radius 3 is 2.53 bits per heavy atom. The molecule has 1 aliphatic rings. The van der Waals surface area contributed by atoms with Crippen molar-refractivity contribution in [2.24, 2.45) is 11.7 Å². The van der Waals surface area contributed by atoms with Gasteiger partial charge in [-0.3, -0.25) is 4.79 Å². The average molecular weight is 232 g/mol. The second-order valence-electron chi connectivity index (χ2n) is 5.29. The van der Waals surface area contributed by atoms with Gasteiger partial charge in [0.1, 0.15) is 5.54 Å². The van der Waals surface area contributed by atoms with E-state index in [2.05, 4.69) is 12.2 Å². The van der Waals surface area contributed by atoms with Crippen molar-refractivity contribution in [1.29, 1.82) is 0 Å². The van der Waals surface area contributed by atoms with E-state index < -0.39 is 5.54 Å². The third kappa shape index (κ3) is 2.43. The van der Waals surface area contributed by atoms with Crippen molar-refractivity contribution in [3.05, 3.63) is 29.8 Å². The molecule has 3 N–H and O–H groups in total. The summed E-state index contributed by atoms with van der Waals surface area (Å²) in [5.41, 5.74) is 7.21. The summed E-state index contributed by atoms with van der Waals surface area (Å²) in [6, 6.07) is 8.08. The lowest BCUT2D eigenvalue weighted by molar-refractivity contribution is -0.122. The van der Waals surface area contributed by atoms with Crippen molar-refractivity contribution in [3.63, 3.8) is 0 Å². The number of anilines is 1. The van der Waals surface area contributed by atoms with Gasteiger partial charge >= 0.3 is 0 Å². The van der Waals surface area contributed by atoms with Gasteiger partial charge in [0.25, 0.3) is 0 Å². The summed E-state index contributed by atoms with van der Waals surface area (Å²) < 4.78 is 0. The van der Waals surface area contributed by atoms with Crippen molar-refractivity contribution in [2.45, 2.75) is 38.6 Å². The summed E-state index contributed by atoms with van der Waals surface area (Å²) in [4.78, 5) is 11.7. The normalized spacial score (nSPS) is 28.0. The van der Waals surface area contributed by atoms with Crippen molar-refractivity contribution in [3.8, 4) is 0 Å². The zero-order valence-corrected chi connectivity index (χ0v) is 10.5. The Morgan fingerprint density at radius 1 is 1.41 bits per heavy atom. The number of hydrogen-bond donors (Lipinski definition) is 2. The van der Waals surface area contributed by atoms with Crippen LogP contribution < -0.4 is 11.1 Å². The highest BCUT2D eigenvalue weighted by atomic mass is 16.1. The molecule has 1 aromatic rings. The van der Waals surface area contributed by atoms with E-state index in [1.54, 1.807) is 0 Å². The lowest BCUT2D eigenvalue weighted by Crippen LogP contribution is -2.48. The van der Waals surface area contributed by atoms with E-state index in [1.807, 2.05) is 31.2 Å². The number of primary amides is 1. The molecule has 0 aliphatic heterocycles. The van der Waals surface area contributed by atoms with Gasteiger partial charge in [-0.05, 0) is 44.2 Å². The minimum absolute atomic E-state index is 0.234. The summed E-state index contributed by atoms with van der Waals surface area (Å²) in [5, 5.41) is 3.34. The fourth-order valence-corrected chi connectivity index (χ4v) is 2.60. The van der Waals surface area contributed by atoms with Crippen LogP contribution in [0.25, 0.3) is 0 Å². The monoisotopic (exact) mass is 232 g/mol. The molecule has 2 unspecified atom stereocenters. The number of carbonyl (C=O) groups is 1. The maximum absolute atomic E-state index is 11.7. The van der Waals surface area contributed by atoms with Gasteiger partial charge < -0.3 is 11.1 Å². The Balaban J connectivity index is 2.19. The smallest absolute Gasteiger partial charge is 0.243 e. The Morgan fingerprint density at radius 2 is 2.06 bits per heavy atom. The first-order chi connectivity index (χ1) is 8.02. The zero-order valence-electron chi connectivity index (χ0n) is 10.5. The largest absolute Gasteiger partial charge is 0.371 e. The molecule has 2 atom stereocenters.